The number of benzene rings is 1. The molecule has 1 aromatic heterocycles. The molecule has 6 nitrogen and oxygen atoms in total. The minimum Gasteiger partial charge on any atom is -0.399 e. The Balaban J connectivity index is 1.47. The van der Waals surface area contributed by atoms with E-state index in [1.807, 2.05) is 19.1 Å². The van der Waals surface area contributed by atoms with Gasteiger partial charge in [-0.2, -0.15) is 4.98 Å². The van der Waals surface area contributed by atoms with E-state index in [0.29, 0.717) is 0 Å². The number of piperazine rings is 1. The van der Waals surface area contributed by atoms with Crippen LogP contribution >= 0.6 is 0 Å². The second-order valence-electron chi connectivity index (χ2n) is 5.76. The molecule has 1 aliphatic heterocycles. The van der Waals surface area contributed by atoms with Gasteiger partial charge in [0, 0.05) is 44.8 Å². The highest BCUT2D eigenvalue weighted by atomic mass is 16.5. The Morgan fingerprint density at radius 2 is 1.86 bits per heavy atom. The number of aryl methyl sites for hydroxylation is 1. The summed E-state index contributed by atoms with van der Waals surface area (Å²) in [6.07, 6.45) is 0.793. The molecule has 2 N–H and O–H groups in total. The summed E-state index contributed by atoms with van der Waals surface area (Å²) in [5.74, 6) is 1.51. The lowest BCUT2D eigenvalue weighted by Gasteiger charge is -2.34. The van der Waals surface area contributed by atoms with Gasteiger partial charge in [0.2, 0.25) is 5.89 Å². The summed E-state index contributed by atoms with van der Waals surface area (Å²) in [4.78, 5) is 9.20. The van der Waals surface area contributed by atoms with E-state index in [1.54, 1.807) is 0 Å². The Hall–Kier alpha value is -1.92. The molecule has 0 amide bonds. The largest absolute Gasteiger partial charge is 0.399 e. The van der Waals surface area contributed by atoms with Crippen LogP contribution in [0.1, 0.15) is 24.2 Å². The quantitative estimate of drug-likeness (QED) is 0.845. The lowest BCUT2D eigenvalue weighted by molar-refractivity contribution is 0.119. The summed E-state index contributed by atoms with van der Waals surface area (Å²) >= 11 is 0. The van der Waals surface area contributed by atoms with Gasteiger partial charge in [0.25, 0.3) is 0 Å². The summed E-state index contributed by atoms with van der Waals surface area (Å²) < 4.78 is 5.16. The van der Waals surface area contributed by atoms with E-state index < -0.39 is 0 Å². The number of anilines is 1. The van der Waals surface area contributed by atoms with Crippen molar-refractivity contribution in [2.24, 2.45) is 0 Å². The Morgan fingerprint density at radius 1 is 1.14 bits per heavy atom. The fraction of sp³-hybridized carbons (Fsp3) is 0.500. The molecule has 2 heterocycles. The fourth-order valence-corrected chi connectivity index (χ4v) is 2.75. The maximum atomic E-state index is 5.84. The molecule has 0 unspecified atom stereocenters. The lowest BCUT2D eigenvalue weighted by Crippen LogP contribution is -2.45. The van der Waals surface area contributed by atoms with Gasteiger partial charge in [0.1, 0.15) is 0 Å². The third kappa shape index (κ3) is 3.84. The van der Waals surface area contributed by atoms with E-state index in [9.17, 15) is 0 Å². The van der Waals surface area contributed by atoms with Gasteiger partial charge in [-0.05, 0) is 17.7 Å². The monoisotopic (exact) mass is 301 g/mol. The SMILES string of the molecule is CCc1nc(CN2CCN(Cc3cccc(N)c3)CC2)no1. The second kappa shape index (κ2) is 6.89. The number of hydrogen-bond donors (Lipinski definition) is 1. The molecular weight excluding hydrogens is 278 g/mol. The Bertz CT molecular complexity index is 604. The first-order chi connectivity index (χ1) is 10.7. The van der Waals surface area contributed by atoms with E-state index in [-0.39, 0.29) is 0 Å². The minimum absolute atomic E-state index is 0.718. The first kappa shape index (κ1) is 15.0. The lowest BCUT2D eigenvalue weighted by atomic mass is 10.2. The molecule has 118 valence electrons. The van der Waals surface area contributed by atoms with Crippen LogP contribution in [0, 0.1) is 0 Å². The molecule has 3 rings (SSSR count). The first-order valence-corrected chi connectivity index (χ1v) is 7.83. The summed E-state index contributed by atoms with van der Waals surface area (Å²) in [6.45, 7) is 7.90. The molecule has 0 radical (unpaired) electrons. The topological polar surface area (TPSA) is 71.4 Å². The van der Waals surface area contributed by atoms with Crippen molar-refractivity contribution in [2.75, 3.05) is 31.9 Å². The van der Waals surface area contributed by atoms with Crippen molar-refractivity contribution in [3.8, 4) is 0 Å². The third-order valence-corrected chi connectivity index (χ3v) is 4.00. The van der Waals surface area contributed by atoms with Crippen LogP contribution in [0.2, 0.25) is 0 Å². The molecule has 0 saturated carbocycles. The molecule has 0 aliphatic carbocycles. The van der Waals surface area contributed by atoms with Crippen molar-refractivity contribution in [2.45, 2.75) is 26.4 Å². The van der Waals surface area contributed by atoms with Crippen LogP contribution in [0.5, 0.6) is 0 Å². The van der Waals surface area contributed by atoms with Crippen molar-refractivity contribution in [1.82, 2.24) is 19.9 Å². The Kier molecular flexibility index (Phi) is 4.70. The maximum absolute atomic E-state index is 5.84. The molecular formula is C16H23N5O. The second-order valence-corrected chi connectivity index (χ2v) is 5.76. The molecule has 0 bridgehead atoms. The van der Waals surface area contributed by atoms with Gasteiger partial charge in [0.15, 0.2) is 5.82 Å². The molecule has 0 atom stereocenters. The zero-order chi connectivity index (χ0) is 15.4. The molecule has 1 aromatic carbocycles. The highest BCUT2D eigenvalue weighted by Gasteiger charge is 2.18. The highest BCUT2D eigenvalue weighted by Crippen LogP contribution is 2.12. The van der Waals surface area contributed by atoms with E-state index in [1.165, 1.54) is 5.56 Å². The zero-order valence-corrected chi connectivity index (χ0v) is 13.0. The van der Waals surface area contributed by atoms with Crippen molar-refractivity contribution in [3.05, 3.63) is 41.5 Å². The summed E-state index contributed by atoms with van der Waals surface area (Å²) in [5, 5.41) is 4.02. The molecule has 22 heavy (non-hydrogen) atoms. The average molecular weight is 301 g/mol. The number of rotatable bonds is 5. The maximum Gasteiger partial charge on any atom is 0.226 e. The van der Waals surface area contributed by atoms with Crippen LogP contribution in [0.15, 0.2) is 28.8 Å². The van der Waals surface area contributed by atoms with E-state index in [0.717, 1.165) is 63.1 Å². The van der Waals surface area contributed by atoms with Crippen LogP contribution in [0.3, 0.4) is 0 Å². The van der Waals surface area contributed by atoms with Crippen LogP contribution in [-0.2, 0) is 19.5 Å². The van der Waals surface area contributed by atoms with Crippen LogP contribution in [0.4, 0.5) is 5.69 Å². The smallest absolute Gasteiger partial charge is 0.226 e. The van der Waals surface area contributed by atoms with Gasteiger partial charge in [-0.15, -0.1) is 0 Å². The van der Waals surface area contributed by atoms with Gasteiger partial charge in [-0.1, -0.05) is 24.2 Å². The highest BCUT2D eigenvalue weighted by molar-refractivity contribution is 5.40. The van der Waals surface area contributed by atoms with Gasteiger partial charge >= 0.3 is 0 Å². The molecule has 1 saturated heterocycles. The normalized spacial score (nSPS) is 17.0. The number of nitrogen functional groups attached to an aromatic ring is 1. The standard InChI is InChI=1S/C16H23N5O/c1-2-16-18-15(19-22-16)12-21-8-6-20(7-9-21)11-13-4-3-5-14(17)10-13/h3-5,10H,2,6-9,11-12,17H2,1H3. The number of nitrogens with zero attached hydrogens (tertiary/aromatic N) is 4. The van der Waals surface area contributed by atoms with Crippen molar-refractivity contribution in [1.29, 1.82) is 0 Å². The third-order valence-electron chi connectivity index (χ3n) is 4.00. The summed E-state index contributed by atoms with van der Waals surface area (Å²) in [7, 11) is 0. The van der Waals surface area contributed by atoms with Crippen molar-refractivity contribution < 1.29 is 4.52 Å². The first-order valence-electron chi connectivity index (χ1n) is 7.83. The van der Waals surface area contributed by atoms with Gasteiger partial charge in [-0.25, -0.2) is 0 Å². The Morgan fingerprint density at radius 3 is 2.50 bits per heavy atom. The average Bonchev–Trinajstić information content (AvgIpc) is 2.97. The van der Waals surface area contributed by atoms with E-state index >= 15 is 0 Å². The number of aromatic nitrogens is 2. The Labute approximate surface area is 130 Å². The van der Waals surface area contributed by atoms with Crippen molar-refractivity contribution in [3.63, 3.8) is 0 Å². The summed E-state index contributed by atoms with van der Waals surface area (Å²) in [5.41, 5.74) is 7.95. The van der Waals surface area contributed by atoms with E-state index in [2.05, 4.69) is 32.1 Å². The predicted molar refractivity (Wildman–Crippen MR) is 85.1 cm³/mol. The summed E-state index contributed by atoms with van der Waals surface area (Å²) in [6, 6.07) is 8.13. The van der Waals surface area contributed by atoms with Gasteiger partial charge in [-0.3, -0.25) is 9.80 Å². The zero-order valence-electron chi connectivity index (χ0n) is 13.0. The molecule has 6 heteroatoms. The molecule has 2 aromatic rings. The molecule has 1 aliphatic rings. The van der Waals surface area contributed by atoms with Crippen LogP contribution in [0.25, 0.3) is 0 Å². The van der Waals surface area contributed by atoms with Gasteiger partial charge < -0.3 is 10.3 Å². The predicted octanol–water partition coefficient (Wildman–Crippen LogP) is 1.53. The van der Waals surface area contributed by atoms with Gasteiger partial charge in [0.05, 0.1) is 6.54 Å². The van der Waals surface area contributed by atoms with Crippen LogP contribution < -0.4 is 5.73 Å². The fourth-order valence-electron chi connectivity index (χ4n) is 2.75. The van der Waals surface area contributed by atoms with Crippen molar-refractivity contribution >= 4 is 5.69 Å². The minimum atomic E-state index is 0.718. The number of hydrogen-bond acceptors (Lipinski definition) is 6. The van der Waals surface area contributed by atoms with E-state index in [4.69, 9.17) is 10.3 Å². The molecule has 0 spiro atoms. The molecule has 1 fully saturated rings. The van der Waals surface area contributed by atoms with Crippen LogP contribution in [-0.4, -0.2) is 46.1 Å². The number of nitrogens with two attached hydrogens (primary N) is 1.